The molecule has 2 aromatic heterocycles. The van der Waals surface area contributed by atoms with Crippen LogP contribution in [0, 0.1) is 0 Å². The summed E-state index contributed by atoms with van der Waals surface area (Å²) >= 11 is 7.97. The zero-order valence-electron chi connectivity index (χ0n) is 15.4. The summed E-state index contributed by atoms with van der Waals surface area (Å²) in [6.45, 7) is 6.78. The molecule has 1 fully saturated rings. The van der Waals surface area contributed by atoms with Gasteiger partial charge in [0.05, 0.1) is 22.3 Å². The molecule has 3 heterocycles. The summed E-state index contributed by atoms with van der Waals surface area (Å²) < 4.78 is 0. The Morgan fingerprint density at radius 3 is 3.04 bits per heavy atom. The van der Waals surface area contributed by atoms with Crippen molar-refractivity contribution >= 4 is 34.7 Å². The summed E-state index contributed by atoms with van der Waals surface area (Å²) in [6.07, 6.45) is 2.80. The molecular formula is C18H25ClN6S. The van der Waals surface area contributed by atoms with E-state index in [-0.39, 0.29) is 0 Å². The number of aliphatic imine (C=N–C) groups is 1. The Labute approximate surface area is 163 Å². The third kappa shape index (κ3) is 4.65. The van der Waals surface area contributed by atoms with Crippen molar-refractivity contribution in [2.45, 2.75) is 38.8 Å². The molecule has 26 heavy (non-hydrogen) atoms. The maximum Gasteiger partial charge on any atom is 0.191 e. The van der Waals surface area contributed by atoms with Gasteiger partial charge in [0.25, 0.3) is 0 Å². The van der Waals surface area contributed by atoms with Crippen LogP contribution in [0.15, 0.2) is 28.7 Å². The van der Waals surface area contributed by atoms with Crippen molar-refractivity contribution < 1.29 is 0 Å². The number of aromatic nitrogens is 2. The van der Waals surface area contributed by atoms with E-state index in [1.807, 2.05) is 12.1 Å². The Kier molecular flexibility index (Phi) is 6.32. The van der Waals surface area contributed by atoms with Gasteiger partial charge in [-0.3, -0.25) is 4.99 Å². The lowest BCUT2D eigenvalue weighted by atomic mass is 10.2. The Morgan fingerprint density at radius 2 is 2.35 bits per heavy atom. The predicted octanol–water partition coefficient (Wildman–Crippen LogP) is 3.26. The van der Waals surface area contributed by atoms with Gasteiger partial charge in [-0.2, -0.15) is 0 Å². The van der Waals surface area contributed by atoms with Gasteiger partial charge in [0.2, 0.25) is 0 Å². The molecule has 2 N–H and O–H groups in total. The van der Waals surface area contributed by atoms with Crippen LogP contribution in [-0.4, -0.2) is 42.1 Å². The minimum Gasteiger partial charge on any atom is -0.353 e. The minimum atomic E-state index is 0.306. The van der Waals surface area contributed by atoms with E-state index >= 15 is 0 Å². The number of hydrogen-bond acceptors (Lipinski definition) is 5. The summed E-state index contributed by atoms with van der Waals surface area (Å²) in [5, 5.41) is 10.8. The van der Waals surface area contributed by atoms with E-state index in [4.69, 9.17) is 11.6 Å². The van der Waals surface area contributed by atoms with Crippen LogP contribution >= 0.6 is 22.9 Å². The van der Waals surface area contributed by atoms with Crippen molar-refractivity contribution in [2.75, 3.05) is 25.0 Å². The van der Waals surface area contributed by atoms with E-state index in [1.165, 1.54) is 5.01 Å². The molecular weight excluding hydrogens is 368 g/mol. The topological polar surface area (TPSA) is 65.4 Å². The number of thiazole rings is 1. The summed E-state index contributed by atoms with van der Waals surface area (Å²) in [6, 6.07) is 4.04. The van der Waals surface area contributed by atoms with Gasteiger partial charge in [0.15, 0.2) is 5.96 Å². The molecule has 1 atom stereocenters. The van der Waals surface area contributed by atoms with Gasteiger partial charge in [-0.25, -0.2) is 9.97 Å². The summed E-state index contributed by atoms with van der Waals surface area (Å²) in [5.41, 5.74) is 1.05. The van der Waals surface area contributed by atoms with E-state index < -0.39 is 0 Å². The number of halogens is 1. The number of pyridine rings is 1. The highest BCUT2D eigenvalue weighted by atomic mass is 35.5. The molecule has 1 aliphatic heterocycles. The van der Waals surface area contributed by atoms with Gasteiger partial charge in [-0.05, 0) is 18.6 Å². The minimum absolute atomic E-state index is 0.306. The second-order valence-electron chi connectivity index (χ2n) is 6.64. The fourth-order valence-electron chi connectivity index (χ4n) is 2.91. The molecule has 0 aliphatic carbocycles. The van der Waals surface area contributed by atoms with Crippen LogP contribution in [0.25, 0.3) is 0 Å². The van der Waals surface area contributed by atoms with Crippen molar-refractivity contribution in [3.63, 3.8) is 0 Å². The number of hydrogen-bond donors (Lipinski definition) is 2. The number of anilines is 1. The molecule has 8 heteroatoms. The molecule has 3 rings (SSSR count). The molecule has 0 bridgehead atoms. The summed E-state index contributed by atoms with van der Waals surface area (Å²) in [7, 11) is 1.79. The number of rotatable bonds is 5. The highest BCUT2D eigenvalue weighted by Gasteiger charge is 2.25. The van der Waals surface area contributed by atoms with Crippen LogP contribution in [0.5, 0.6) is 0 Å². The van der Waals surface area contributed by atoms with E-state index in [9.17, 15) is 0 Å². The van der Waals surface area contributed by atoms with Gasteiger partial charge in [-0.15, -0.1) is 11.3 Å². The van der Waals surface area contributed by atoms with Gasteiger partial charge in [0.1, 0.15) is 5.82 Å². The van der Waals surface area contributed by atoms with Gasteiger partial charge in [0, 0.05) is 43.7 Å². The quantitative estimate of drug-likeness (QED) is 0.604. The molecule has 2 aromatic rings. The van der Waals surface area contributed by atoms with E-state index in [0.717, 1.165) is 37.0 Å². The van der Waals surface area contributed by atoms with Gasteiger partial charge < -0.3 is 15.5 Å². The first kappa shape index (κ1) is 18.9. The molecule has 1 aliphatic rings. The number of nitrogens with one attached hydrogen (secondary N) is 2. The lowest BCUT2D eigenvalue weighted by Crippen LogP contribution is -2.44. The largest absolute Gasteiger partial charge is 0.353 e. The van der Waals surface area contributed by atoms with E-state index in [0.29, 0.717) is 23.5 Å². The fraction of sp³-hybridized carbons (Fsp3) is 0.500. The first-order chi connectivity index (χ1) is 12.6. The molecule has 0 radical (unpaired) electrons. The van der Waals surface area contributed by atoms with Gasteiger partial charge in [-0.1, -0.05) is 25.4 Å². The fourth-order valence-corrected chi connectivity index (χ4v) is 3.99. The normalized spacial score (nSPS) is 17.8. The van der Waals surface area contributed by atoms with E-state index in [1.54, 1.807) is 24.6 Å². The Morgan fingerprint density at radius 1 is 1.50 bits per heavy atom. The van der Waals surface area contributed by atoms with Crippen LogP contribution < -0.4 is 15.5 Å². The zero-order chi connectivity index (χ0) is 18.5. The maximum atomic E-state index is 6.26. The second kappa shape index (κ2) is 8.68. The SMILES string of the molecule is CN=C(NCc1csc(C(C)C)n1)NC1CCN(c2ncccc2Cl)C1. The van der Waals surface area contributed by atoms with Crippen molar-refractivity contribution in [1.29, 1.82) is 0 Å². The highest BCUT2D eigenvalue weighted by molar-refractivity contribution is 7.09. The van der Waals surface area contributed by atoms with Crippen LogP contribution in [0.2, 0.25) is 5.02 Å². The maximum absolute atomic E-state index is 6.26. The van der Waals surface area contributed by atoms with Crippen LogP contribution in [0.3, 0.4) is 0 Å². The lowest BCUT2D eigenvalue weighted by molar-refractivity contribution is 0.646. The molecule has 0 spiro atoms. The highest BCUT2D eigenvalue weighted by Crippen LogP contribution is 2.25. The Bertz CT molecular complexity index is 760. The first-order valence-corrected chi connectivity index (χ1v) is 10.1. The Hall–Kier alpha value is -1.86. The average Bonchev–Trinajstić information content (AvgIpc) is 3.28. The number of guanidine groups is 1. The molecule has 0 amide bonds. The van der Waals surface area contributed by atoms with Crippen molar-refractivity contribution in [1.82, 2.24) is 20.6 Å². The van der Waals surface area contributed by atoms with Crippen molar-refractivity contribution in [2.24, 2.45) is 4.99 Å². The smallest absolute Gasteiger partial charge is 0.191 e. The van der Waals surface area contributed by atoms with Crippen LogP contribution in [0.4, 0.5) is 5.82 Å². The zero-order valence-corrected chi connectivity index (χ0v) is 16.9. The molecule has 0 saturated carbocycles. The predicted molar refractivity (Wildman–Crippen MR) is 109 cm³/mol. The number of nitrogens with zero attached hydrogens (tertiary/aromatic N) is 4. The third-order valence-corrected chi connectivity index (χ3v) is 5.78. The molecule has 6 nitrogen and oxygen atoms in total. The molecule has 1 unspecified atom stereocenters. The molecule has 0 aromatic carbocycles. The van der Waals surface area contributed by atoms with Crippen molar-refractivity contribution in [3.05, 3.63) is 39.4 Å². The molecule has 1 saturated heterocycles. The standard InChI is InChI=1S/C18H25ClN6S/c1-12(2)17-23-14(11-26-17)9-22-18(20-3)24-13-6-8-25(10-13)16-15(19)5-4-7-21-16/h4-5,7,11-13H,6,8-10H2,1-3H3,(H2,20,22,24). The van der Waals surface area contributed by atoms with Gasteiger partial charge >= 0.3 is 0 Å². The van der Waals surface area contributed by atoms with E-state index in [2.05, 4.69) is 49.7 Å². The van der Waals surface area contributed by atoms with Crippen LogP contribution in [-0.2, 0) is 6.54 Å². The third-order valence-electron chi connectivity index (χ3n) is 4.29. The Balaban J connectivity index is 1.52. The first-order valence-electron chi connectivity index (χ1n) is 8.83. The summed E-state index contributed by atoms with van der Waals surface area (Å²) in [5.74, 6) is 2.11. The molecule has 140 valence electrons. The lowest BCUT2D eigenvalue weighted by Gasteiger charge is -2.20. The average molecular weight is 393 g/mol. The van der Waals surface area contributed by atoms with Crippen LogP contribution in [0.1, 0.15) is 36.9 Å². The second-order valence-corrected chi connectivity index (χ2v) is 7.94. The summed E-state index contributed by atoms with van der Waals surface area (Å²) in [4.78, 5) is 15.6. The monoisotopic (exact) mass is 392 g/mol. The van der Waals surface area contributed by atoms with Crippen molar-refractivity contribution in [3.8, 4) is 0 Å².